The van der Waals surface area contributed by atoms with Crippen molar-refractivity contribution < 1.29 is 19.1 Å². The van der Waals surface area contributed by atoms with Crippen LogP contribution in [-0.2, 0) is 9.47 Å². The highest BCUT2D eigenvalue weighted by Gasteiger charge is 2.17. The lowest BCUT2D eigenvalue weighted by atomic mass is 10.1. The Labute approximate surface area is 125 Å². The van der Waals surface area contributed by atoms with Crippen LogP contribution in [0.15, 0.2) is 24.3 Å². The predicted octanol–water partition coefficient (Wildman–Crippen LogP) is 2.22. The summed E-state index contributed by atoms with van der Waals surface area (Å²) < 4.78 is 9.69. The molecule has 0 saturated heterocycles. The van der Waals surface area contributed by atoms with Crippen molar-refractivity contribution in [1.82, 2.24) is 4.90 Å². The summed E-state index contributed by atoms with van der Waals surface area (Å²) in [5.41, 5.74) is 0.987. The van der Waals surface area contributed by atoms with E-state index in [-0.39, 0.29) is 5.91 Å². The molecule has 0 bridgehead atoms. The van der Waals surface area contributed by atoms with Crippen molar-refractivity contribution in [2.24, 2.45) is 5.92 Å². The SMILES string of the molecule is COCCN(CC(C)C)C(=O)c1ccc(C(=O)OC)cc1. The molecule has 0 aliphatic rings. The molecule has 0 radical (unpaired) electrons. The highest BCUT2D eigenvalue weighted by Crippen LogP contribution is 2.10. The van der Waals surface area contributed by atoms with Gasteiger partial charge in [-0.05, 0) is 30.2 Å². The summed E-state index contributed by atoms with van der Waals surface area (Å²) >= 11 is 0. The molecule has 0 atom stereocenters. The van der Waals surface area contributed by atoms with Crippen molar-refractivity contribution in [2.45, 2.75) is 13.8 Å². The van der Waals surface area contributed by atoms with Crippen molar-refractivity contribution in [1.29, 1.82) is 0 Å². The highest BCUT2D eigenvalue weighted by atomic mass is 16.5. The Morgan fingerprint density at radius 2 is 1.67 bits per heavy atom. The number of amides is 1. The fourth-order valence-corrected chi connectivity index (χ4v) is 1.97. The van der Waals surface area contributed by atoms with Crippen LogP contribution in [0.1, 0.15) is 34.6 Å². The number of rotatable bonds is 7. The number of ether oxygens (including phenoxy) is 2. The Balaban J connectivity index is 2.84. The number of nitrogens with zero attached hydrogens (tertiary/aromatic N) is 1. The van der Waals surface area contributed by atoms with Crippen LogP contribution in [-0.4, -0.2) is 50.7 Å². The van der Waals surface area contributed by atoms with Gasteiger partial charge in [-0.25, -0.2) is 4.79 Å². The zero-order valence-corrected chi connectivity index (χ0v) is 13.1. The summed E-state index contributed by atoms with van der Waals surface area (Å²) in [6.45, 7) is 5.84. The fraction of sp³-hybridized carbons (Fsp3) is 0.500. The normalized spacial score (nSPS) is 10.5. The van der Waals surface area contributed by atoms with Gasteiger partial charge in [0.25, 0.3) is 5.91 Å². The fourth-order valence-electron chi connectivity index (χ4n) is 1.97. The number of carbonyl (C=O) groups is 2. The molecule has 0 heterocycles. The minimum Gasteiger partial charge on any atom is -0.465 e. The van der Waals surface area contributed by atoms with E-state index in [9.17, 15) is 9.59 Å². The number of hydrogen-bond acceptors (Lipinski definition) is 4. The number of methoxy groups -OCH3 is 2. The first kappa shape index (κ1) is 17.2. The van der Waals surface area contributed by atoms with Crippen molar-refractivity contribution in [3.8, 4) is 0 Å². The average molecular weight is 293 g/mol. The van der Waals surface area contributed by atoms with Crippen LogP contribution in [0.5, 0.6) is 0 Å². The molecule has 1 aromatic rings. The second-order valence-electron chi connectivity index (χ2n) is 5.21. The molecule has 116 valence electrons. The first-order chi connectivity index (χ1) is 9.99. The topological polar surface area (TPSA) is 55.8 Å². The van der Waals surface area contributed by atoms with E-state index in [0.717, 1.165) is 0 Å². The number of hydrogen-bond donors (Lipinski definition) is 0. The molecule has 5 nitrogen and oxygen atoms in total. The molecule has 0 unspecified atom stereocenters. The van der Waals surface area contributed by atoms with Crippen molar-refractivity contribution >= 4 is 11.9 Å². The highest BCUT2D eigenvalue weighted by molar-refractivity contribution is 5.96. The summed E-state index contributed by atoms with van der Waals surface area (Å²) in [4.78, 5) is 25.6. The molecular weight excluding hydrogens is 270 g/mol. The Kier molecular flexibility index (Phi) is 6.88. The molecular formula is C16H23NO4. The van der Waals surface area contributed by atoms with Crippen LogP contribution in [0.4, 0.5) is 0 Å². The zero-order chi connectivity index (χ0) is 15.8. The van der Waals surface area contributed by atoms with Gasteiger partial charge < -0.3 is 14.4 Å². The second kappa shape index (κ2) is 8.42. The van der Waals surface area contributed by atoms with Gasteiger partial charge in [0, 0.05) is 25.8 Å². The largest absolute Gasteiger partial charge is 0.465 e. The third kappa shape index (κ3) is 5.19. The quantitative estimate of drug-likeness (QED) is 0.723. The lowest BCUT2D eigenvalue weighted by molar-refractivity contribution is 0.0599. The van der Waals surface area contributed by atoms with E-state index in [2.05, 4.69) is 18.6 Å². The van der Waals surface area contributed by atoms with Gasteiger partial charge in [0.05, 0.1) is 19.3 Å². The smallest absolute Gasteiger partial charge is 0.337 e. The minimum atomic E-state index is -0.410. The molecule has 0 aliphatic heterocycles. The van der Waals surface area contributed by atoms with E-state index in [0.29, 0.717) is 36.7 Å². The second-order valence-corrected chi connectivity index (χ2v) is 5.21. The van der Waals surface area contributed by atoms with Crippen LogP contribution in [0, 0.1) is 5.92 Å². The van der Waals surface area contributed by atoms with E-state index in [1.165, 1.54) is 7.11 Å². The molecule has 5 heteroatoms. The van der Waals surface area contributed by atoms with Crippen molar-refractivity contribution in [3.05, 3.63) is 35.4 Å². The zero-order valence-electron chi connectivity index (χ0n) is 13.1. The van der Waals surface area contributed by atoms with Gasteiger partial charge in [-0.15, -0.1) is 0 Å². The minimum absolute atomic E-state index is 0.0582. The Morgan fingerprint density at radius 3 is 2.14 bits per heavy atom. The molecule has 0 fully saturated rings. The van der Waals surface area contributed by atoms with Gasteiger partial charge in [0.15, 0.2) is 0 Å². The van der Waals surface area contributed by atoms with Gasteiger partial charge in [-0.3, -0.25) is 4.79 Å². The third-order valence-electron chi connectivity index (χ3n) is 2.99. The average Bonchev–Trinajstić information content (AvgIpc) is 2.49. The molecule has 0 N–H and O–H groups in total. The van der Waals surface area contributed by atoms with Gasteiger partial charge in [-0.1, -0.05) is 13.8 Å². The molecule has 0 spiro atoms. The summed E-state index contributed by atoms with van der Waals surface area (Å²) in [5, 5.41) is 0. The maximum Gasteiger partial charge on any atom is 0.337 e. The van der Waals surface area contributed by atoms with Gasteiger partial charge in [0.2, 0.25) is 0 Å². The van der Waals surface area contributed by atoms with E-state index >= 15 is 0 Å². The maximum absolute atomic E-state index is 12.5. The van der Waals surface area contributed by atoms with Gasteiger partial charge in [0.1, 0.15) is 0 Å². The lowest BCUT2D eigenvalue weighted by Crippen LogP contribution is -2.36. The first-order valence-corrected chi connectivity index (χ1v) is 6.96. The van der Waals surface area contributed by atoms with E-state index in [1.54, 1.807) is 36.3 Å². The number of benzene rings is 1. The number of carbonyl (C=O) groups excluding carboxylic acids is 2. The van der Waals surface area contributed by atoms with Crippen LogP contribution in [0.3, 0.4) is 0 Å². The van der Waals surface area contributed by atoms with Crippen LogP contribution in [0.2, 0.25) is 0 Å². The standard InChI is InChI=1S/C16H23NO4/c1-12(2)11-17(9-10-20-3)15(18)13-5-7-14(8-6-13)16(19)21-4/h5-8,12H,9-11H2,1-4H3. The summed E-state index contributed by atoms with van der Waals surface area (Å²) in [5.74, 6) is -0.0928. The lowest BCUT2D eigenvalue weighted by Gasteiger charge is -2.24. The van der Waals surface area contributed by atoms with Crippen molar-refractivity contribution in [2.75, 3.05) is 33.9 Å². The maximum atomic E-state index is 12.5. The summed E-state index contributed by atoms with van der Waals surface area (Å²) in [7, 11) is 2.94. The number of esters is 1. The predicted molar refractivity (Wildman–Crippen MR) is 80.4 cm³/mol. The van der Waals surface area contributed by atoms with Crippen LogP contribution < -0.4 is 0 Å². The molecule has 1 rings (SSSR count). The Hall–Kier alpha value is -1.88. The molecule has 1 amide bonds. The van der Waals surface area contributed by atoms with E-state index in [1.807, 2.05) is 0 Å². The van der Waals surface area contributed by atoms with E-state index in [4.69, 9.17) is 4.74 Å². The van der Waals surface area contributed by atoms with Gasteiger partial charge in [-0.2, -0.15) is 0 Å². The molecule has 0 aromatic heterocycles. The Bertz CT molecular complexity index is 468. The van der Waals surface area contributed by atoms with Crippen LogP contribution >= 0.6 is 0 Å². The summed E-state index contributed by atoms with van der Waals surface area (Å²) in [6.07, 6.45) is 0. The first-order valence-electron chi connectivity index (χ1n) is 6.96. The molecule has 21 heavy (non-hydrogen) atoms. The third-order valence-corrected chi connectivity index (χ3v) is 2.99. The van der Waals surface area contributed by atoms with Crippen molar-refractivity contribution in [3.63, 3.8) is 0 Å². The van der Waals surface area contributed by atoms with Gasteiger partial charge >= 0.3 is 5.97 Å². The monoisotopic (exact) mass is 293 g/mol. The molecule has 1 aromatic carbocycles. The van der Waals surface area contributed by atoms with E-state index < -0.39 is 5.97 Å². The molecule has 0 aliphatic carbocycles. The Morgan fingerprint density at radius 1 is 1.10 bits per heavy atom. The van der Waals surface area contributed by atoms with Crippen LogP contribution in [0.25, 0.3) is 0 Å². The summed E-state index contributed by atoms with van der Waals surface area (Å²) in [6, 6.07) is 6.50. The molecule has 0 saturated carbocycles.